The zero-order valence-electron chi connectivity index (χ0n) is 7.45. The van der Waals surface area contributed by atoms with E-state index in [9.17, 15) is 4.79 Å². The van der Waals surface area contributed by atoms with Crippen molar-refractivity contribution in [1.82, 2.24) is 8.75 Å². The molecule has 0 atom stereocenters. The Hall–Kier alpha value is -1.95. The number of carbonyl (C=O) groups is 1. The fourth-order valence-corrected chi connectivity index (χ4v) is 1.61. The molecule has 0 spiro atoms. The third kappa shape index (κ3) is 2.10. The molecule has 0 aliphatic carbocycles. The average Bonchev–Trinajstić information content (AvgIpc) is 2.66. The van der Waals surface area contributed by atoms with E-state index in [1.165, 1.54) is 0 Å². The highest BCUT2D eigenvalue weighted by Crippen LogP contribution is 2.27. The van der Waals surface area contributed by atoms with E-state index in [2.05, 4.69) is 13.5 Å². The van der Waals surface area contributed by atoms with E-state index in [4.69, 9.17) is 5.11 Å². The summed E-state index contributed by atoms with van der Waals surface area (Å²) in [5.41, 5.74) is 1.23. The van der Waals surface area contributed by atoms with E-state index in [-0.39, 0.29) is 5.88 Å². The molecule has 1 N–H and O–H groups in total. The van der Waals surface area contributed by atoms with Gasteiger partial charge in [0, 0.05) is 5.56 Å². The Morgan fingerprint density at radius 3 is 2.67 bits per heavy atom. The van der Waals surface area contributed by atoms with Crippen LogP contribution < -0.4 is 4.74 Å². The van der Waals surface area contributed by atoms with E-state index in [0.29, 0.717) is 5.69 Å². The van der Waals surface area contributed by atoms with Gasteiger partial charge in [0.2, 0.25) is 0 Å². The van der Waals surface area contributed by atoms with Crippen LogP contribution in [-0.2, 0) is 0 Å². The van der Waals surface area contributed by atoms with Gasteiger partial charge in [0.1, 0.15) is 5.69 Å². The van der Waals surface area contributed by atoms with Crippen molar-refractivity contribution in [3.05, 3.63) is 30.3 Å². The summed E-state index contributed by atoms with van der Waals surface area (Å²) in [5, 5.41) is 8.47. The predicted octanol–water partition coefficient (Wildman–Crippen LogP) is 2.26. The van der Waals surface area contributed by atoms with Crippen molar-refractivity contribution in [2.45, 2.75) is 0 Å². The van der Waals surface area contributed by atoms with Gasteiger partial charge in [0.15, 0.2) is 0 Å². The number of carboxylic acid groups (broad SMARTS) is 1. The van der Waals surface area contributed by atoms with Crippen LogP contribution in [-0.4, -0.2) is 20.0 Å². The number of nitrogens with zero attached hydrogens (tertiary/aromatic N) is 2. The molecular weight excluding hydrogens is 216 g/mol. The molecule has 1 heterocycles. The normalized spacial score (nSPS) is 9.87. The van der Waals surface area contributed by atoms with Crippen LogP contribution in [0.5, 0.6) is 5.88 Å². The molecule has 0 aliphatic heterocycles. The molecule has 5 nitrogen and oxygen atoms in total. The van der Waals surface area contributed by atoms with E-state index >= 15 is 0 Å². The van der Waals surface area contributed by atoms with Crippen molar-refractivity contribution in [1.29, 1.82) is 0 Å². The lowest BCUT2D eigenvalue weighted by atomic mass is 10.2. The van der Waals surface area contributed by atoms with Crippen molar-refractivity contribution in [2.75, 3.05) is 0 Å². The maximum Gasteiger partial charge on any atom is 0.512 e. The Kier molecular flexibility index (Phi) is 2.59. The third-order valence-corrected chi connectivity index (χ3v) is 2.20. The molecule has 1 aromatic heterocycles. The quantitative estimate of drug-likeness (QED) is 0.789. The number of aromatic nitrogens is 2. The molecule has 0 bridgehead atoms. The Bertz CT molecular complexity index is 469. The lowest BCUT2D eigenvalue weighted by molar-refractivity contribution is 0.143. The Labute approximate surface area is 89.3 Å². The number of ether oxygens (including phenoxy) is 1. The molecule has 76 valence electrons. The predicted molar refractivity (Wildman–Crippen MR) is 54.0 cm³/mol. The topological polar surface area (TPSA) is 72.3 Å². The Balaban J connectivity index is 2.37. The van der Waals surface area contributed by atoms with Crippen LogP contribution in [0.4, 0.5) is 4.79 Å². The summed E-state index contributed by atoms with van der Waals surface area (Å²) in [4.78, 5) is 10.4. The summed E-state index contributed by atoms with van der Waals surface area (Å²) in [6.07, 6.45) is -1.39. The molecule has 0 unspecified atom stereocenters. The molecule has 0 amide bonds. The second kappa shape index (κ2) is 4.05. The van der Waals surface area contributed by atoms with Gasteiger partial charge >= 0.3 is 6.16 Å². The minimum Gasteiger partial charge on any atom is -0.449 e. The molecule has 6 heteroatoms. The molecule has 2 rings (SSSR count). The summed E-state index contributed by atoms with van der Waals surface area (Å²) in [7, 11) is 0. The van der Waals surface area contributed by atoms with Gasteiger partial charge < -0.3 is 9.84 Å². The first kappa shape index (κ1) is 9.60. The van der Waals surface area contributed by atoms with Gasteiger partial charge in [-0.25, -0.2) is 4.79 Å². The smallest absolute Gasteiger partial charge is 0.449 e. The first-order valence-electron chi connectivity index (χ1n) is 4.06. The lowest BCUT2D eigenvalue weighted by Gasteiger charge is -1.98. The second-order valence-corrected chi connectivity index (χ2v) is 3.18. The molecule has 0 saturated carbocycles. The number of hydrogen-bond acceptors (Lipinski definition) is 5. The van der Waals surface area contributed by atoms with Crippen LogP contribution in [0.1, 0.15) is 0 Å². The number of rotatable bonds is 2. The van der Waals surface area contributed by atoms with E-state index in [0.717, 1.165) is 17.3 Å². The van der Waals surface area contributed by atoms with Crippen molar-refractivity contribution >= 4 is 17.9 Å². The highest BCUT2D eigenvalue weighted by molar-refractivity contribution is 6.99. The fraction of sp³-hybridized carbons (Fsp3) is 0. The summed E-state index contributed by atoms with van der Waals surface area (Å²) in [5.74, 6) is 0.0266. The third-order valence-electron chi connectivity index (χ3n) is 1.69. The number of benzene rings is 1. The molecule has 2 aromatic rings. The maximum absolute atomic E-state index is 10.4. The summed E-state index contributed by atoms with van der Waals surface area (Å²) in [6, 6.07) is 9.15. The largest absolute Gasteiger partial charge is 0.512 e. The number of hydrogen-bond donors (Lipinski definition) is 1. The second-order valence-electron chi connectivity index (χ2n) is 2.65. The zero-order chi connectivity index (χ0) is 10.7. The van der Waals surface area contributed by atoms with Gasteiger partial charge in [-0.15, -0.1) is 4.37 Å². The molecule has 0 saturated heterocycles. The summed E-state index contributed by atoms with van der Waals surface area (Å²) in [6.45, 7) is 0. The monoisotopic (exact) mass is 222 g/mol. The molecule has 15 heavy (non-hydrogen) atoms. The molecule has 0 aliphatic rings. The minimum atomic E-state index is -1.39. The van der Waals surface area contributed by atoms with Crippen LogP contribution in [0.3, 0.4) is 0 Å². The van der Waals surface area contributed by atoms with Crippen LogP contribution >= 0.6 is 11.7 Å². The maximum atomic E-state index is 10.4. The van der Waals surface area contributed by atoms with Crippen molar-refractivity contribution < 1.29 is 14.6 Å². The van der Waals surface area contributed by atoms with Gasteiger partial charge in [-0.05, 0) is 0 Å². The minimum absolute atomic E-state index is 0.0266. The Morgan fingerprint density at radius 2 is 2.00 bits per heavy atom. The van der Waals surface area contributed by atoms with Crippen LogP contribution in [0.25, 0.3) is 11.3 Å². The van der Waals surface area contributed by atoms with Crippen LogP contribution in [0.2, 0.25) is 0 Å². The average molecular weight is 222 g/mol. The highest BCUT2D eigenvalue weighted by Gasteiger charge is 2.14. The molecule has 0 radical (unpaired) electrons. The first-order chi connectivity index (χ1) is 7.27. The Morgan fingerprint density at radius 1 is 1.27 bits per heavy atom. The van der Waals surface area contributed by atoms with Crippen molar-refractivity contribution in [3.63, 3.8) is 0 Å². The lowest BCUT2D eigenvalue weighted by Crippen LogP contribution is -2.04. The molecule has 0 fully saturated rings. The van der Waals surface area contributed by atoms with Crippen LogP contribution in [0.15, 0.2) is 30.3 Å². The van der Waals surface area contributed by atoms with E-state index < -0.39 is 6.16 Å². The standard InChI is InChI=1S/C9H6N2O3S/c12-9(13)14-8-7(10-15-11-8)6-4-2-1-3-5-6/h1-5H,(H,12,13). The van der Waals surface area contributed by atoms with E-state index in [1.807, 2.05) is 30.3 Å². The van der Waals surface area contributed by atoms with Crippen molar-refractivity contribution in [3.8, 4) is 17.1 Å². The summed E-state index contributed by atoms with van der Waals surface area (Å²) >= 11 is 0.915. The van der Waals surface area contributed by atoms with Gasteiger partial charge in [-0.1, -0.05) is 30.3 Å². The molecular formula is C9H6N2O3S. The van der Waals surface area contributed by atoms with Gasteiger partial charge in [0.25, 0.3) is 5.88 Å². The van der Waals surface area contributed by atoms with Gasteiger partial charge in [-0.3, -0.25) is 0 Å². The summed E-state index contributed by atoms with van der Waals surface area (Å²) < 4.78 is 12.2. The SMILES string of the molecule is O=C(O)Oc1nsnc1-c1ccccc1. The highest BCUT2D eigenvalue weighted by atomic mass is 32.1. The van der Waals surface area contributed by atoms with Crippen LogP contribution in [0, 0.1) is 0 Å². The fourth-order valence-electron chi connectivity index (χ4n) is 1.10. The first-order valence-corrected chi connectivity index (χ1v) is 4.79. The zero-order valence-corrected chi connectivity index (χ0v) is 8.27. The molecule has 1 aromatic carbocycles. The van der Waals surface area contributed by atoms with Crippen molar-refractivity contribution in [2.24, 2.45) is 0 Å². The van der Waals surface area contributed by atoms with E-state index in [1.54, 1.807) is 0 Å². The van der Waals surface area contributed by atoms with Gasteiger partial charge in [0.05, 0.1) is 11.7 Å². The van der Waals surface area contributed by atoms with Gasteiger partial charge in [-0.2, -0.15) is 4.37 Å².